The Morgan fingerprint density at radius 2 is 2.32 bits per heavy atom. The second-order valence-electron chi connectivity index (χ2n) is 5.75. The summed E-state index contributed by atoms with van der Waals surface area (Å²) in [7, 11) is 2.01. The van der Waals surface area contributed by atoms with Crippen LogP contribution in [0.3, 0.4) is 0 Å². The van der Waals surface area contributed by atoms with Crippen LogP contribution in [0.2, 0.25) is 0 Å². The number of rotatable bonds is 4. The SMILES string of the molecule is CN(C[C@@H]1CCCNC1)c1cnc2cc([N+](=O)[O-])ccc2n1. The molecule has 22 heavy (non-hydrogen) atoms. The molecule has 0 bridgehead atoms. The van der Waals surface area contributed by atoms with Gasteiger partial charge in [-0.2, -0.15) is 0 Å². The fraction of sp³-hybridized carbons (Fsp3) is 0.467. The third-order valence-corrected chi connectivity index (χ3v) is 4.05. The molecule has 0 aliphatic carbocycles. The quantitative estimate of drug-likeness (QED) is 0.686. The van der Waals surface area contributed by atoms with E-state index in [0.717, 1.165) is 25.5 Å². The highest BCUT2D eigenvalue weighted by atomic mass is 16.6. The van der Waals surface area contributed by atoms with Crippen molar-refractivity contribution in [1.82, 2.24) is 15.3 Å². The summed E-state index contributed by atoms with van der Waals surface area (Å²) in [6.07, 6.45) is 4.12. The summed E-state index contributed by atoms with van der Waals surface area (Å²) >= 11 is 0. The van der Waals surface area contributed by atoms with Gasteiger partial charge in [0.15, 0.2) is 0 Å². The van der Waals surface area contributed by atoms with Gasteiger partial charge in [0, 0.05) is 25.7 Å². The molecular formula is C15H19N5O2. The highest BCUT2D eigenvalue weighted by molar-refractivity contribution is 5.78. The molecule has 3 rings (SSSR count). The lowest BCUT2D eigenvalue weighted by Gasteiger charge is -2.28. The van der Waals surface area contributed by atoms with Crippen molar-refractivity contribution < 1.29 is 4.92 Å². The van der Waals surface area contributed by atoms with Gasteiger partial charge in [0.05, 0.1) is 22.2 Å². The van der Waals surface area contributed by atoms with Crippen molar-refractivity contribution in [2.24, 2.45) is 5.92 Å². The van der Waals surface area contributed by atoms with Crippen LogP contribution in [0.5, 0.6) is 0 Å². The number of hydrogen-bond donors (Lipinski definition) is 1. The molecule has 1 aromatic carbocycles. The molecule has 1 aliphatic rings. The maximum absolute atomic E-state index is 10.8. The van der Waals surface area contributed by atoms with Crippen LogP contribution in [0.15, 0.2) is 24.4 Å². The average molecular weight is 301 g/mol. The summed E-state index contributed by atoms with van der Waals surface area (Å²) in [5.41, 5.74) is 1.26. The molecule has 1 aliphatic heterocycles. The number of non-ortho nitro benzene ring substituents is 1. The minimum atomic E-state index is -0.419. The monoisotopic (exact) mass is 301 g/mol. The Balaban J connectivity index is 1.78. The first-order chi connectivity index (χ1) is 10.6. The molecule has 1 fully saturated rings. The van der Waals surface area contributed by atoms with Crippen LogP contribution in [0.4, 0.5) is 11.5 Å². The number of nitrogens with one attached hydrogen (secondary N) is 1. The van der Waals surface area contributed by atoms with Gasteiger partial charge < -0.3 is 10.2 Å². The zero-order chi connectivity index (χ0) is 15.5. The summed E-state index contributed by atoms with van der Waals surface area (Å²) in [5.74, 6) is 1.42. The Morgan fingerprint density at radius 1 is 1.45 bits per heavy atom. The fourth-order valence-corrected chi connectivity index (χ4v) is 2.85. The van der Waals surface area contributed by atoms with Crippen molar-refractivity contribution in [2.75, 3.05) is 31.6 Å². The Kier molecular flexibility index (Phi) is 4.15. The standard InChI is InChI=1S/C15H19N5O2/c1-19(10-11-3-2-6-16-8-11)15-9-17-14-7-12(20(21)22)4-5-13(14)18-15/h4-5,7,9,11,16H,2-3,6,8,10H2,1H3/t11-/m1/s1. The molecule has 0 amide bonds. The summed E-state index contributed by atoms with van der Waals surface area (Å²) in [6, 6.07) is 4.57. The Bertz CT molecular complexity index is 685. The van der Waals surface area contributed by atoms with Gasteiger partial charge in [-0.1, -0.05) is 0 Å². The van der Waals surface area contributed by atoms with Gasteiger partial charge >= 0.3 is 0 Å². The van der Waals surface area contributed by atoms with Crippen LogP contribution < -0.4 is 10.2 Å². The van der Waals surface area contributed by atoms with Gasteiger partial charge in [-0.15, -0.1) is 0 Å². The predicted octanol–water partition coefficient (Wildman–Crippen LogP) is 1.97. The van der Waals surface area contributed by atoms with E-state index in [1.807, 2.05) is 7.05 Å². The topological polar surface area (TPSA) is 84.2 Å². The molecule has 7 nitrogen and oxygen atoms in total. The summed E-state index contributed by atoms with van der Waals surface area (Å²) in [6.45, 7) is 3.08. The van der Waals surface area contributed by atoms with Crippen molar-refractivity contribution in [2.45, 2.75) is 12.8 Å². The van der Waals surface area contributed by atoms with Crippen LogP contribution in [0.1, 0.15) is 12.8 Å². The maximum Gasteiger partial charge on any atom is 0.271 e. The maximum atomic E-state index is 10.8. The number of anilines is 1. The summed E-state index contributed by atoms with van der Waals surface area (Å²) in [5, 5.41) is 14.2. The van der Waals surface area contributed by atoms with Crippen molar-refractivity contribution in [3.05, 3.63) is 34.5 Å². The highest BCUT2D eigenvalue weighted by Crippen LogP contribution is 2.21. The van der Waals surface area contributed by atoms with Gasteiger partial charge in [-0.3, -0.25) is 15.1 Å². The average Bonchev–Trinajstić information content (AvgIpc) is 2.54. The molecule has 1 saturated heterocycles. The van der Waals surface area contributed by atoms with Crippen LogP contribution in [-0.4, -0.2) is 41.6 Å². The van der Waals surface area contributed by atoms with Crippen LogP contribution in [0.25, 0.3) is 11.0 Å². The largest absolute Gasteiger partial charge is 0.358 e. The lowest BCUT2D eigenvalue weighted by Crippen LogP contribution is -2.37. The molecule has 116 valence electrons. The molecule has 0 radical (unpaired) electrons. The third kappa shape index (κ3) is 3.14. The fourth-order valence-electron chi connectivity index (χ4n) is 2.85. The number of hydrogen-bond acceptors (Lipinski definition) is 6. The summed E-state index contributed by atoms with van der Waals surface area (Å²) < 4.78 is 0. The van der Waals surface area contributed by atoms with Crippen molar-refractivity contribution >= 4 is 22.5 Å². The molecule has 7 heteroatoms. The lowest BCUT2D eigenvalue weighted by atomic mass is 9.99. The number of benzene rings is 1. The molecular weight excluding hydrogens is 282 g/mol. The predicted molar refractivity (Wildman–Crippen MR) is 85.1 cm³/mol. The number of fused-ring (bicyclic) bond motifs is 1. The second kappa shape index (κ2) is 6.23. The molecule has 0 saturated carbocycles. The van der Waals surface area contributed by atoms with Crippen LogP contribution in [-0.2, 0) is 0 Å². The first-order valence-electron chi connectivity index (χ1n) is 7.46. The van der Waals surface area contributed by atoms with Crippen LogP contribution in [0, 0.1) is 16.0 Å². The summed E-state index contributed by atoms with van der Waals surface area (Å²) in [4.78, 5) is 21.3. The molecule has 2 aromatic rings. The first-order valence-corrected chi connectivity index (χ1v) is 7.46. The van der Waals surface area contributed by atoms with E-state index in [4.69, 9.17) is 0 Å². The number of nitro groups is 1. The second-order valence-corrected chi connectivity index (χ2v) is 5.75. The van der Waals surface area contributed by atoms with Crippen molar-refractivity contribution in [1.29, 1.82) is 0 Å². The van der Waals surface area contributed by atoms with Crippen molar-refractivity contribution in [3.63, 3.8) is 0 Å². The third-order valence-electron chi connectivity index (χ3n) is 4.05. The lowest BCUT2D eigenvalue weighted by molar-refractivity contribution is -0.384. The van der Waals surface area contributed by atoms with E-state index in [1.54, 1.807) is 12.3 Å². The Labute approximate surface area is 128 Å². The van der Waals surface area contributed by atoms with E-state index in [-0.39, 0.29) is 5.69 Å². The normalized spacial score (nSPS) is 18.3. The van der Waals surface area contributed by atoms with E-state index in [1.165, 1.54) is 25.0 Å². The van der Waals surface area contributed by atoms with Gasteiger partial charge in [0.1, 0.15) is 5.82 Å². The molecule has 0 unspecified atom stereocenters. The first kappa shape index (κ1) is 14.6. The van der Waals surface area contributed by atoms with Gasteiger partial charge in [0.25, 0.3) is 5.69 Å². The minimum absolute atomic E-state index is 0.0381. The van der Waals surface area contributed by atoms with Gasteiger partial charge in [-0.05, 0) is 37.9 Å². The zero-order valence-corrected chi connectivity index (χ0v) is 12.5. The van der Waals surface area contributed by atoms with E-state index in [0.29, 0.717) is 17.0 Å². The van der Waals surface area contributed by atoms with E-state index in [9.17, 15) is 10.1 Å². The number of nitrogens with zero attached hydrogens (tertiary/aromatic N) is 4. The molecule has 0 spiro atoms. The smallest absolute Gasteiger partial charge is 0.271 e. The number of nitro benzene ring substituents is 1. The van der Waals surface area contributed by atoms with E-state index >= 15 is 0 Å². The van der Waals surface area contributed by atoms with Crippen molar-refractivity contribution in [3.8, 4) is 0 Å². The van der Waals surface area contributed by atoms with E-state index in [2.05, 4.69) is 20.2 Å². The number of aromatic nitrogens is 2. The number of piperidine rings is 1. The minimum Gasteiger partial charge on any atom is -0.358 e. The Hall–Kier alpha value is -2.28. The molecule has 2 heterocycles. The van der Waals surface area contributed by atoms with Gasteiger partial charge in [-0.25, -0.2) is 4.98 Å². The Morgan fingerprint density at radius 3 is 3.05 bits per heavy atom. The van der Waals surface area contributed by atoms with Crippen LogP contribution >= 0.6 is 0 Å². The molecule has 1 N–H and O–H groups in total. The molecule has 1 aromatic heterocycles. The molecule has 1 atom stereocenters. The van der Waals surface area contributed by atoms with E-state index < -0.39 is 4.92 Å². The zero-order valence-electron chi connectivity index (χ0n) is 12.5. The highest BCUT2D eigenvalue weighted by Gasteiger charge is 2.16. The van der Waals surface area contributed by atoms with Gasteiger partial charge in [0.2, 0.25) is 0 Å².